The van der Waals surface area contributed by atoms with Crippen LogP contribution in [0.15, 0.2) is 40.9 Å². The minimum Gasteiger partial charge on any atom is -0.496 e. The second-order valence-corrected chi connectivity index (χ2v) is 5.56. The topological polar surface area (TPSA) is 79.9 Å². The molecule has 0 saturated carbocycles. The molecule has 0 aliphatic rings. The van der Waals surface area contributed by atoms with Crippen molar-refractivity contribution in [3.05, 3.63) is 51.7 Å². The Morgan fingerprint density at radius 3 is 2.95 bits per heavy atom. The van der Waals surface area contributed by atoms with E-state index in [1.807, 2.05) is 12.1 Å². The Kier molecular flexibility index (Phi) is 5.59. The number of ether oxygens (including phenoxy) is 1. The van der Waals surface area contributed by atoms with E-state index >= 15 is 0 Å². The summed E-state index contributed by atoms with van der Waals surface area (Å²) in [5.41, 5.74) is 7.28. The quantitative estimate of drug-likeness (QED) is 0.241. The lowest BCUT2D eigenvalue weighted by Gasteiger charge is -2.10. The van der Waals surface area contributed by atoms with Crippen molar-refractivity contribution in [3.8, 4) is 5.75 Å². The Bertz CT molecular complexity index is 597. The number of hydrogen-bond acceptors (Lipinski definition) is 5. The Balaban J connectivity index is 1.91. The molecule has 0 spiro atoms. The first kappa shape index (κ1) is 15.3. The number of amidine groups is 1. The lowest BCUT2D eigenvalue weighted by Crippen LogP contribution is -2.17. The molecule has 1 aromatic heterocycles. The van der Waals surface area contributed by atoms with Gasteiger partial charge in [0, 0.05) is 18.0 Å². The maximum Gasteiger partial charge on any atom is 0.173 e. The first-order valence-electron chi connectivity index (χ1n) is 6.62. The summed E-state index contributed by atoms with van der Waals surface area (Å²) in [5, 5.41) is 17.2. The van der Waals surface area contributed by atoms with Crippen LogP contribution >= 0.6 is 11.3 Å². The van der Waals surface area contributed by atoms with Crippen molar-refractivity contribution < 1.29 is 9.94 Å². The van der Waals surface area contributed by atoms with E-state index in [0.29, 0.717) is 11.3 Å². The fourth-order valence-corrected chi connectivity index (χ4v) is 2.72. The van der Waals surface area contributed by atoms with Gasteiger partial charge in [0.25, 0.3) is 0 Å². The van der Waals surface area contributed by atoms with E-state index in [2.05, 4.69) is 28.0 Å². The van der Waals surface area contributed by atoms with Gasteiger partial charge in [-0.15, -0.1) is 11.3 Å². The number of oxime groups is 1. The van der Waals surface area contributed by atoms with Crippen LogP contribution in [0.1, 0.15) is 16.0 Å². The molecule has 1 heterocycles. The average molecular weight is 305 g/mol. The Morgan fingerprint density at radius 1 is 1.43 bits per heavy atom. The third-order valence-corrected chi connectivity index (χ3v) is 4.04. The van der Waals surface area contributed by atoms with Gasteiger partial charge in [-0.1, -0.05) is 17.3 Å². The van der Waals surface area contributed by atoms with E-state index in [1.54, 1.807) is 24.5 Å². The summed E-state index contributed by atoms with van der Waals surface area (Å²) in [4.78, 5) is 1.38. The molecule has 0 bridgehead atoms. The van der Waals surface area contributed by atoms with Gasteiger partial charge in [0.2, 0.25) is 0 Å². The Morgan fingerprint density at radius 2 is 2.29 bits per heavy atom. The number of benzene rings is 1. The monoisotopic (exact) mass is 305 g/mol. The van der Waals surface area contributed by atoms with Crippen LogP contribution in [0.3, 0.4) is 0 Å². The third-order valence-electron chi connectivity index (χ3n) is 3.11. The third kappa shape index (κ3) is 4.21. The number of methoxy groups -OCH3 is 1. The molecule has 1 aromatic carbocycles. The number of nitrogens with two attached hydrogens (primary N) is 1. The molecule has 0 radical (unpaired) electrons. The molecular weight excluding hydrogens is 286 g/mol. The van der Waals surface area contributed by atoms with Crippen LogP contribution in [-0.2, 0) is 13.0 Å². The summed E-state index contributed by atoms with van der Waals surface area (Å²) in [6, 6.07) is 9.83. The van der Waals surface area contributed by atoms with Crippen molar-refractivity contribution in [1.29, 1.82) is 0 Å². The molecule has 2 aromatic rings. The maximum absolute atomic E-state index is 8.74. The summed E-state index contributed by atoms with van der Waals surface area (Å²) in [7, 11) is 1.57. The zero-order valence-corrected chi connectivity index (χ0v) is 12.7. The van der Waals surface area contributed by atoms with E-state index < -0.39 is 0 Å². The summed E-state index contributed by atoms with van der Waals surface area (Å²) in [6.07, 6.45) is 1.02. The van der Waals surface area contributed by atoms with Gasteiger partial charge in [-0.3, -0.25) is 0 Å². The van der Waals surface area contributed by atoms with Crippen molar-refractivity contribution in [1.82, 2.24) is 5.32 Å². The molecule has 6 heteroatoms. The molecule has 0 aliphatic heterocycles. The van der Waals surface area contributed by atoms with Gasteiger partial charge in [-0.2, -0.15) is 0 Å². The van der Waals surface area contributed by atoms with Crippen molar-refractivity contribution in [2.45, 2.75) is 13.0 Å². The minimum atomic E-state index is 0.0454. The largest absolute Gasteiger partial charge is 0.496 e. The van der Waals surface area contributed by atoms with Crippen LogP contribution in [-0.4, -0.2) is 24.7 Å². The van der Waals surface area contributed by atoms with E-state index in [0.717, 1.165) is 25.1 Å². The first-order valence-corrected chi connectivity index (χ1v) is 7.50. The standard InChI is InChI=1S/C15H19N3O2S/c1-20-14-9-11(4-5-13(14)15(16)18-19)10-17-7-6-12-3-2-8-21-12/h2-5,8-9,17,19H,6-7,10H2,1H3,(H2,16,18). The fraction of sp³-hybridized carbons (Fsp3) is 0.267. The highest BCUT2D eigenvalue weighted by molar-refractivity contribution is 7.09. The van der Waals surface area contributed by atoms with E-state index in [-0.39, 0.29) is 5.84 Å². The predicted octanol–water partition coefficient (Wildman–Crippen LogP) is 2.18. The van der Waals surface area contributed by atoms with Crippen molar-refractivity contribution in [2.24, 2.45) is 10.9 Å². The van der Waals surface area contributed by atoms with Gasteiger partial charge in [-0.05, 0) is 35.6 Å². The molecule has 21 heavy (non-hydrogen) atoms. The summed E-state index contributed by atoms with van der Waals surface area (Å²) >= 11 is 1.77. The van der Waals surface area contributed by atoms with Gasteiger partial charge in [0.1, 0.15) is 5.75 Å². The molecule has 0 saturated heterocycles. The van der Waals surface area contributed by atoms with Crippen LogP contribution in [0.2, 0.25) is 0 Å². The van der Waals surface area contributed by atoms with Crippen LogP contribution in [0.25, 0.3) is 0 Å². The van der Waals surface area contributed by atoms with Crippen LogP contribution in [0, 0.1) is 0 Å². The highest BCUT2D eigenvalue weighted by Gasteiger charge is 2.08. The van der Waals surface area contributed by atoms with Gasteiger partial charge in [0.05, 0.1) is 12.7 Å². The zero-order valence-electron chi connectivity index (χ0n) is 11.9. The minimum absolute atomic E-state index is 0.0454. The second-order valence-electron chi connectivity index (χ2n) is 4.53. The van der Waals surface area contributed by atoms with Crippen LogP contribution in [0.4, 0.5) is 0 Å². The summed E-state index contributed by atoms with van der Waals surface area (Å²) < 4.78 is 5.28. The highest BCUT2D eigenvalue weighted by Crippen LogP contribution is 2.20. The van der Waals surface area contributed by atoms with E-state index in [4.69, 9.17) is 15.7 Å². The molecular formula is C15H19N3O2S. The van der Waals surface area contributed by atoms with Crippen molar-refractivity contribution >= 4 is 17.2 Å². The number of nitrogens with one attached hydrogen (secondary N) is 1. The number of rotatable bonds is 7. The van der Waals surface area contributed by atoms with Crippen molar-refractivity contribution in [2.75, 3.05) is 13.7 Å². The normalized spacial score (nSPS) is 11.6. The second kappa shape index (κ2) is 7.66. The smallest absolute Gasteiger partial charge is 0.173 e. The molecule has 0 fully saturated rings. The maximum atomic E-state index is 8.74. The summed E-state index contributed by atoms with van der Waals surface area (Å²) in [6.45, 7) is 1.67. The number of nitrogens with zero attached hydrogens (tertiary/aromatic N) is 1. The Hall–Kier alpha value is -2.05. The van der Waals surface area contributed by atoms with Crippen LogP contribution in [0.5, 0.6) is 5.75 Å². The van der Waals surface area contributed by atoms with E-state index in [1.165, 1.54) is 4.88 Å². The summed E-state index contributed by atoms with van der Waals surface area (Å²) in [5.74, 6) is 0.645. The first-order chi connectivity index (χ1) is 10.2. The molecule has 112 valence electrons. The average Bonchev–Trinajstić information content (AvgIpc) is 3.04. The van der Waals surface area contributed by atoms with Gasteiger partial charge in [-0.25, -0.2) is 0 Å². The molecule has 2 rings (SSSR count). The predicted molar refractivity (Wildman–Crippen MR) is 85.2 cm³/mol. The molecule has 0 atom stereocenters. The SMILES string of the molecule is COc1cc(CNCCc2cccs2)ccc1/C(N)=N/O. The number of thiophene rings is 1. The fourth-order valence-electron chi connectivity index (χ4n) is 2.01. The molecule has 0 aliphatic carbocycles. The van der Waals surface area contributed by atoms with Crippen LogP contribution < -0.4 is 15.8 Å². The van der Waals surface area contributed by atoms with Gasteiger partial charge < -0.3 is 21.0 Å². The molecule has 4 N–H and O–H groups in total. The lowest BCUT2D eigenvalue weighted by molar-refractivity contribution is 0.318. The lowest BCUT2D eigenvalue weighted by atomic mass is 10.1. The molecule has 0 unspecified atom stereocenters. The van der Waals surface area contributed by atoms with Gasteiger partial charge >= 0.3 is 0 Å². The Labute approximate surface area is 128 Å². The number of hydrogen-bond donors (Lipinski definition) is 3. The van der Waals surface area contributed by atoms with Crippen molar-refractivity contribution in [3.63, 3.8) is 0 Å². The molecule has 0 amide bonds. The van der Waals surface area contributed by atoms with E-state index in [9.17, 15) is 0 Å². The zero-order chi connectivity index (χ0) is 15.1. The van der Waals surface area contributed by atoms with Gasteiger partial charge in [0.15, 0.2) is 5.84 Å². The highest BCUT2D eigenvalue weighted by atomic mass is 32.1. The molecule has 5 nitrogen and oxygen atoms in total.